The van der Waals surface area contributed by atoms with Gasteiger partial charge in [0.25, 0.3) is 0 Å². The van der Waals surface area contributed by atoms with E-state index in [1.165, 1.54) is 0 Å². The third kappa shape index (κ3) is 1.88. The zero-order chi connectivity index (χ0) is 14.7. The molecule has 20 heavy (non-hydrogen) atoms. The summed E-state index contributed by atoms with van der Waals surface area (Å²) in [5.74, 6) is -0.0385. The Hall–Kier alpha value is -1.33. The summed E-state index contributed by atoms with van der Waals surface area (Å²) in [6, 6.07) is 5.93. The molecule has 1 fully saturated rings. The van der Waals surface area contributed by atoms with Gasteiger partial charge in [0, 0.05) is 5.69 Å². The van der Waals surface area contributed by atoms with Crippen molar-refractivity contribution in [3.63, 3.8) is 0 Å². The summed E-state index contributed by atoms with van der Waals surface area (Å²) in [6.07, 6.45) is 0. The van der Waals surface area contributed by atoms with Crippen LogP contribution >= 0.6 is 0 Å². The first-order chi connectivity index (χ1) is 9.21. The normalized spacial score (nSPS) is 26.6. The van der Waals surface area contributed by atoms with Crippen LogP contribution in [0.25, 0.3) is 0 Å². The molecule has 1 atom stereocenters. The van der Waals surface area contributed by atoms with Crippen LogP contribution in [-0.4, -0.2) is 24.2 Å². The molecule has 1 aromatic rings. The molecule has 1 unspecified atom stereocenters. The summed E-state index contributed by atoms with van der Waals surface area (Å²) in [4.78, 5) is 11.7. The van der Waals surface area contributed by atoms with E-state index in [-0.39, 0.29) is 23.0 Å². The molecular weight excluding hydrogens is 253 g/mol. The van der Waals surface area contributed by atoms with Gasteiger partial charge in [-0.2, -0.15) is 0 Å². The molecule has 3 rings (SSSR count). The SMILES string of the molecule is CC1C(=O)Nc2cc(B3OC(C)(C)C(C)(C)O3)ccc21. The van der Waals surface area contributed by atoms with Crippen molar-refractivity contribution in [1.29, 1.82) is 0 Å². The second-order valence-electron chi connectivity index (χ2n) is 6.65. The Kier molecular flexibility index (Phi) is 2.79. The molecule has 0 aliphatic carbocycles. The van der Waals surface area contributed by atoms with Crippen molar-refractivity contribution in [2.24, 2.45) is 0 Å². The molecule has 0 saturated carbocycles. The maximum atomic E-state index is 11.7. The molecule has 1 saturated heterocycles. The summed E-state index contributed by atoms with van der Waals surface area (Å²) in [5, 5.41) is 2.90. The van der Waals surface area contributed by atoms with Gasteiger partial charge < -0.3 is 14.6 Å². The fourth-order valence-corrected chi connectivity index (χ4v) is 2.57. The van der Waals surface area contributed by atoms with Crippen LogP contribution in [0.5, 0.6) is 0 Å². The number of benzene rings is 1. The number of hydrogen-bond acceptors (Lipinski definition) is 3. The number of hydrogen-bond donors (Lipinski definition) is 1. The van der Waals surface area contributed by atoms with Gasteiger partial charge in [-0.05, 0) is 51.7 Å². The molecule has 0 spiro atoms. The number of rotatable bonds is 1. The summed E-state index contributed by atoms with van der Waals surface area (Å²) in [7, 11) is -0.391. The molecular formula is C15H20BNO3. The van der Waals surface area contributed by atoms with Crippen LogP contribution in [0.15, 0.2) is 18.2 Å². The van der Waals surface area contributed by atoms with Crippen molar-refractivity contribution in [3.05, 3.63) is 23.8 Å². The van der Waals surface area contributed by atoms with Gasteiger partial charge >= 0.3 is 7.12 Å². The molecule has 2 aliphatic rings. The molecule has 4 nitrogen and oxygen atoms in total. The van der Waals surface area contributed by atoms with Gasteiger partial charge in [-0.1, -0.05) is 12.1 Å². The minimum Gasteiger partial charge on any atom is -0.399 e. The second-order valence-corrected chi connectivity index (χ2v) is 6.65. The van der Waals surface area contributed by atoms with Crippen LogP contribution < -0.4 is 10.8 Å². The first-order valence-electron chi connectivity index (χ1n) is 7.02. The van der Waals surface area contributed by atoms with E-state index in [0.717, 1.165) is 16.7 Å². The molecule has 1 amide bonds. The van der Waals surface area contributed by atoms with Crippen LogP contribution in [0, 0.1) is 0 Å². The topological polar surface area (TPSA) is 47.6 Å². The van der Waals surface area contributed by atoms with Gasteiger partial charge in [0.05, 0.1) is 17.1 Å². The van der Waals surface area contributed by atoms with E-state index in [0.29, 0.717) is 0 Å². The molecule has 106 valence electrons. The smallest absolute Gasteiger partial charge is 0.399 e. The summed E-state index contributed by atoms with van der Waals surface area (Å²) in [5.41, 5.74) is 2.14. The first kappa shape index (κ1) is 13.6. The quantitative estimate of drug-likeness (QED) is 0.796. The highest BCUT2D eigenvalue weighted by Crippen LogP contribution is 2.37. The molecule has 0 bridgehead atoms. The van der Waals surface area contributed by atoms with Crippen LogP contribution in [0.2, 0.25) is 0 Å². The molecule has 0 radical (unpaired) electrons. The van der Waals surface area contributed by atoms with E-state index in [1.54, 1.807) is 0 Å². The fourth-order valence-electron chi connectivity index (χ4n) is 2.57. The van der Waals surface area contributed by atoms with Crippen LogP contribution in [0.1, 0.15) is 46.1 Å². The van der Waals surface area contributed by atoms with Gasteiger partial charge in [-0.15, -0.1) is 0 Å². The average molecular weight is 273 g/mol. The predicted molar refractivity (Wildman–Crippen MR) is 79.2 cm³/mol. The highest BCUT2D eigenvalue weighted by atomic mass is 16.7. The van der Waals surface area contributed by atoms with Gasteiger partial charge in [0.15, 0.2) is 0 Å². The third-order valence-corrected chi connectivity index (χ3v) is 4.72. The Labute approximate surface area is 120 Å². The lowest BCUT2D eigenvalue weighted by Crippen LogP contribution is -2.41. The van der Waals surface area contributed by atoms with Crippen molar-refractivity contribution in [2.75, 3.05) is 5.32 Å². The number of fused-ring (bicyclic) bond motifs is 1. The Morgan fingerprint density at radius 3 is 2.35 bits per heavy atom. The van der Waals surface area contributed by atoms with Crippen molar-refractivity contribution < 1.29 is 14.1 Å². The lowest BCUT2D eigenvalue weighted by atomic mass is 9.78. The highest BCUT2D eigenvalue weighted by Gasteiger charge is 2.51. The lowest BCUT2D eigenvalue weighted by molar-refractivity contribution is -0.116. The fraction of sp³-hybridized carbons (Fsp3) is 0.533. The average Bonchev–Trinajstić information content (AvgIpc) is 2.74. The minimum atomic E-state index is -0.391. The Balaban J connectivity index is 1.91. The summed E-state index contributed by atoms with van der Waals surface area (Å²) in [6.45, 7) is 10.0. The molecule has 1 aromatic carbocycles. The van der Waals surface area contributed by atoms with Gasteiger partial charge in [0.2, 0.25) is 5.91 Å². The van der Waals surface area contributed by atoms with E-state index in [2.05, 4.69) is 5.32 Å². The van der Waals surface area contributed by atoms with Crippen molar-refractivity contribution in [2.45, 2.75) is 51.7 Å². The zero-order valence-corrected chi connectivity index (χ0v) is 12.6. The molecule has 1 N–H and O–H groups in total. The molecule has 2 heterocycles. The van der Waals surface area contributed by atoms with E-state index in [4.69, 9.17) is 9.31 Å². The highest BCUT2D eigenvalue weighted by molar-refractivity contribution is 6.62. The predicted octanol–water partition coefficient (Wildman–Crippen LogP) is 2.04. The number of carbonyl (C=O) groups excluding carboxylic acids is 1. The number of carbonyl (C=O) groups is 1. The molecule has 0 aromatic heterocycles. The largest absolute Gasteiger partial charge is 0.494 e. The third-order valence-electron chi connectivity index (χ3n) is 4.72. The Morgan fingerprint density at radius 2 is 1.75 bits per heavy atom. The van der Waals surface area contributed by atoms with E-state index in [9.17, 15) is 4.79 Å². The van der Waals surface area contributed by atoms with Gasteiger partial charge in [-0.3, -0.25) is 4.79 Å². The summed E-state index contributed by atoms with van der Waals surface area (Å²) >= 11 is 0. The monoisotopic (exact) mass is 273 g/mol. The maximum Gasteiger partial charge on any atom is 0.494 e. The van der Waals surface area contributed by atoms with Crippen molar-refractivity contribution in [1.82, 2.24) is 0 Å². The van der Waals surface area contributed by atoms with Gasteiger partial charge in [0.1, 0.15) is 0 Å². The Bertz CT molecular complexity index is 566. The van der Waals surface area contributed by atoms with Crippen molar-refractivity contribution >= 4 is 24.2 Å². The standard InChI is InChI=1S/C15H20BNO3/c1-9-11-7-6-10(8-12(11)17-13(9)18)16-19-14(2,3)15(4,5)20-16/h6-9H,1-5H3,(H,17,18). The van der Waals surface area contributed by atoms with Crippen molar-refractivity contribution in [3.8, 4) is 0 Å². The number of nitrogens with one attached hydrogen (secondary N) is 1. The number of anilines is 1. The van der Waals surface area contributed by atoms with Crippen LogP contribution in [-0.2, 0) is 14.1 Å². The summed E-state index contributed by atoms with van der Waals surface area (Å²) < 4.78 is 12.1. The van der Waals surface area contributed by atoms with E-state index < -0.39 is 7.12 Å². The van der Waals surface area contributed by atoms with Gasteiger partial charge in [-0.25, -0.2) is 0 Å². The lowest BCUT2D eigenvalue weighted by Gasteiger charge is -2.32. The zero-order valence-electron chi connectivity index (χ0n) is 12.6. The minimum absolute atomic E-state index is 0.0473. The maximum absolute atomic E-state index is 11.7. The first-order valence-corrected chi connectivity index (χ1v) is 7.02. The molecule has 5 heteroatoms. The van der Waals surface area contributed by atoms with E-state index >= 15 is 0 Å². The van der Waals surface area contributed by atoms with E-state index in [1.807, 2.05) is 52.8 Å². The van der Waals surface area contributed by atoms with Crippen LogP contribution in [0.4, 0.5) is 5.69 Å². The Morgan fingerprint density at radius 1 is 1.15 bits per heavy atom. The molecule has 2 aliphatic heterocycles. The van der Waals surface area contributed by atoms with Crippen LogP contribution in [0.3, 0.4) is 0 Å². The number of amides is 1. The second kappa shape index (κ2) is 4.09.